The van der Waals surface area contributed by atoms with Crippen LogP contribution in [0.25, 0.3) is 0 Å². The highest BCUT2D eigenvalue weighted by Crippen LogP contribution is 2.47. The van der Waals surface area contributed by atoms with Crippen molar-refractivity contribution < 1.29 is 24.2 Å². The molecule has 0 aliphatic heterocycles. The molecule has 2 N–H and O–H groups in total. The maximum atomic E-state index is 12.4. The number of allylic oxidation sites excluding steroid dienone is 5. The standard InChI is InChI=1S/C24H37NO5S.CH4/c1-17(2)8-6-9-18(3)10-7-11-19(4)12-15-31-16-20(21(26)27)25-22(28)24(13-14-24)23(29)30-5;/h8,10,12,20H,6-7,9,11,13-16H2,1-5H3,(H,25,28)(H,26,27);1H4/b18-10+,19-12+;/t20-;/m0./s1. The van der Waals surface area contributed by atoms with Crippen LogP contribution in [-0.4, -0.2) is 47.6 Å². The first-order chi connectivity index (χ1) is 14.6. The van der Waals surface area contributed by atoms with Crippen molar-refractivity contribution in [3.63, 3.8) is 0 Å². The normalized spacial score (nSPS) is 15.8. The van der Waals surface area contributed by atoms with E-state index in [1.54, 1.807) is 0 Å². The Morgan fingerprint density at radius 3 is 2.09 bits per heavy atom. The minimum atomic E-state index is -1.19. The zero-order chi connectivity index (χ0) is 23.4. The van der Waals surface area contributed by atoms with Crippen LogP contribution in [0.1, 0.15) is 73.6 Å². The summed E-state index contributed by atoms with van der Waals surface area (Å²) in [5.41, 5.74) is 2.82. The van der Waals surface area contributed by atoms with E-state index in [0.717, 1.165) is 25.7 Å². The van der Waals surface area contributed by atoms with Crippen LogP contribution in [0.3, 0.4) is 0 Å². The summed E-state index contributed by atoms with van der Waals surface area (Å²) in [7, 11) is 1.23. The van der Waals surface area contributed by atoms with Gasteiger partial charge in [0.05, 0.1) is 7.11 Å². The van der Waals surface area contributed by atoms with Crippen LogP contribution in [0, 0.1) is 5.41 Å². The Morgan fingerprint density at radius 2 is 1.59 bits per heavy atom. The van der Waals surface area contributed by atoms with Gasteiger partial charge in [-0.3, -0.25) is 9.59 Å². The second-order valence-electron chi connectivity index (χ2n) is 8.44. The molecule has 0 saturated heterocycles. The second kappa shape index (κ2) is 14.9. The van der Waals surface area contributed by atoms with E-state index in [4.69, 9.17) is 0 Å². The highest BCUT2D eigenvalue weighted by atomic mass is 32.2. The number of rotatable bonds is 14. The minimum absolute atomic E-state index is 0. The fourth-order valence-corrected chi connectivity index (χ4v) is 4.04. The van der Waals surface area contributed by atoms with Crippen molar-refractivity contribution in [2.75, 3.05) is 18.6 Å². The molecule has 0 radical (unpaired) electrons. The van der Waals surface area contributed by atoms with Gasteiger partial charge < -0.3 is 15.2 Å². The van der Waals surface area contributed by atoms with Crippen molar-refractivity contribution in [3.8, 4) is 0 Å². The van der Waals surface area contributed by atoms with E-state index in [1.165, 1.54) is 35.6 Å². The quantitative estimate of drug-likeness (QED) is 0.156. The molecule has 0 bridgehead atoms. The first-order valence-electron chi connectivity index (χ1n) is 10.8. The van der Waals surface area contributed by atoms with Crippen LogP contribution in [0.4, 0.5) is 0 Å². The van der Waals surface area contributed by atoms with E-state index in [1.807, 2.05) is 0 Å². The molecule has 1 saturated carbocycles. The van der Waals surface area contributed by atoms with E-state index < -0.39 is 29.3 Å². The fraction of sp³-hybridized carbons (Fsp3) is 0.640. The maximum absolute atomic E-state index is 12.4. The van der Waals surface area contributed by atoms with Crippen LogP contribution in [-0.2, 0) is 19.1 Å². The third-order valence-corrected chi connectivity index (χ3v) is 6.29. The summed E-state index contributed by atoms with van der Waals surface area (Å²) in [6.45, 7) is 8.48. The molecule has 0 spiro atoms. The average molecular weight is 468 g/mol. The number of amides is 1. The molecule has 0 aromatic carbocycles. The van der Waals surface area contributed by atoms with Gasteiger partial charge in [-0.1, -0.05) is 42.4 Å². The smallest absolute Gasteiger partial charge is 0.327 e. The molecule has 182 valence electrons. The summed E-state index contributed by atoms with van der Waals surface area (Å²) in [6.07, 6.45) is 11.6. The molecule has 1 fully saturated rings. The predicted octanol–water partition coefficient (Wildman–Crippen LogP) is 5.30. The minimum Gasteiger partial charge on any atom is -0.480 e. The Bertz CT molecular complexity index is 731. The molecule has 7 heteroatoms. The van der Waals surface area contributed by atoms with E-state index in [-0.39, 0.29) is 13.2 Å². The molecule has 1 rings (SSSR count). The van der Waals surface area contributed by atoms with Crippen LogP contribution in [0.2, 0.25) is 0 Å². The fourth-order valence-electron chi connectivity index (χ4n) is 3.04. The van der Waals surface area contributed by atoms with E-state index in [0.29, 0.717) is 18.6 Å². The average Bonchev–Trinajstić information content (AvgIpc) is 3.51. The molecule has 6 nitrogen and oxygen atoms in total. The molecule has 0 aromatic heterocycles. The number of carbonyl (C=O) groups excluding carboxylic acids is 2. The summed E-state index contributed by atoms with van der Waals surface area (Å²) >= 11 is 1.45. The summed E-state index contributed by atoms with van der Waals surface area (Å²) < 4.78 is 4.67. The first-order valence-corrected chi connectivity index (χ1v) is 11.9. The van der Waals surface area contributed by atoms with E-state index in [9.17, 15) is 19.5 Å². The van der Waals surface area contributed by atoms with E-state index >= 15 is 0 Å². The molecule has 1 aliphatic carbocycles. The van der Waals surface area contributed by atoms with Crippen molar-refractivity contribution in [1.82, 2.24) is 5.32 Å². The number of methoxy groups -OCH3 is 1. The summed E-state index contributed by atoms with van der Waals surface area (Å²) in [4.78, 5) is 35.6. The molecule has 1 aliphatic rings. The topological polar surface area (TPSA) is 92.7 Å². The summed E-state index contributed by atoms with van der Waals surface area (Å²) in [5.74, 6) is -1.33. The number of carbonyl (C=O) groups is 3. The Morgan fingerprint density at radius 1 is 1.03 bits per heavy atom. The summed E-state index contributed by atoms with van der Waals surface area (Å²) in [5, 5.41) is 11.9. The molecule has 0 heterocycles. The number of hydrogen-bond acceptors (Lipinski definition) is 5. The Labute approximate surface area is 197 Å². The molecular formula is C25H41NO5S. The molecule has 1 atom stereocenters. The van der Waals surface area contributed by atoms with Gasteiger partial charge in [0.2, 0.25) is 5.91 Å². The monoisotopic (exact) mass is 467 g/mol. The van der Waals surface area contributed by atoms with Crippen LogP contribution >= 0.6 is 11.8 Å². The Kier molecular flexibility index (Phi) is 14.0. The number of ether oxygens (including phenoxy) is 1. The lowest BCUT2D eigenvalue weighted by Crippen LogP contribution is -2.48. The van der Waals surface area contributed by atoms with Gasteiger partial charge in [0.1, 0.15) is 11.5 Å². The van der Waals surface area contributed by atoms with Gasteiger partial charge in [-0.25, -0.2) is 4.79 Å². The third-order valence-electron chi connectivity index (χ3n) is 5.32. The van der Waals surface area contributed by atoms with Gasteiger partial charge in [-0.2, -0.15) is 11.8 Å². The van der Waals surface area contributed by atoms with Crippen molar-refractivity contribution >= 4 is 29.6 Å². The molecule has 0 unspecified atom stereocenters. The highest BCUT2D eigenvalue weighted by molar-refractivity contribution is 7.99. The van der Waals surface area contributed by atoms with Gasteiger partial charge in [0.25, 0.3) is 0 Å². The second-order valence-corrected chi connectivity index (χ2v) is 9.51. The summed E-state index contributed by atoms with van der Waals surface area (Å²) in [6, 6.07) is -1.03. The SMILES string of the molecule is C.COC(=O)C1(C(=O)N[C@@H](CSC/C=C(\C)CC/C=C(\C)CCC=C(C)C)C(=O)O)CC1. The van der Waals surface area contributed by atoms with Crippen molar-refractivity contribution in [2.45, 2.75) is 79.7 Å². The third kappa shape index (κ3) is 10.5. The van der Waals surface area contributed by atoms with Crippen LogP contribution < -0.4 is 5.32 Å². The number of carboxylic acids is 1. The van der Waals surface area contributed by atoms with Gasteiger partial charge in [-0.05, 0) is 66.2 Å². The number of aliphatic carboxylic acids is 1. The van der Waals surface area contributed by atoms with Crippen molar-refractivity contribution in [3.05, 3.63) is 34.9 Å². The van der Waals surface area contributed by atoms with Crippen molar-refractivity contribution in [2.24, 2.45) is 5.41 Å². The number of thioether (sulfide) groups is 1. The zero-order valence-electron chi connectivity index (χ0n) is 19.5. The van der Waals surface area contributed by atoms with Crippen LogP contribution in [0.5, 0.6) is 0 Å². The largest absolute Gasteiger partial charge is 0.480 e. The lowest BCUT2D eigenvalue weighted by molar-refractivity contribution is -0.153. The van der Waals surface area contributed by atoms with Gasteiger partial charge in [0, 0.05) is 11.5 Å². The Balaban J connectivity index is 0.00000961. The Hall–Kier alpha value is -2.02. The predicted molar refractivity (Wildman–Crippen MR) is 133 cm³/mol. The molecule has 0 aromatic rings. The maximum Gasteiger partial charge on any atom is 0.327 e. The first kappa shape index (κ1) is 30.0. The molecule has 1 amide bonds. The van der Waals surface area contributed by atoms with Gasteiger partial charge >= 0.3 is 11.9 Å². The number of esters is 1. The molecular weight excluding hydrogens is 426 g/mol. The van der Waals surface area contributed by atoms with Gasteiger partial charge in [0.15, 0.2) is 0 Å². The van der Waals surface area contributed by atoms with Gasteiger partial charge in [-0.15, -0.1) is 0 Å². The number of nitrogens with one attached hydrogen (secondary N) is 1. The van der Waals surface area contributed by atoms with E-state index in [2.05, 4.69) is 56.0 Å². The lowest BCUT2D eigenvalue weighted by Gasteiger charge is -2.18. The lowest BCUT2D eigenvalue weighted by atomic mass is 10.1. The number of hydrogen-bond donors (Lipinski definition) is 2. The number of carboxylic acid groups (broad SMARTS) is 1. The molecule has 32 heavy (non-hydrogen) atoms. The zero-order valence-corrected chi connectivity index (χ0v) is 20.3. The van der Waals surface area contributed by atoms with Crippen LogP contribution in [0.15, 0.2) is 34.9 Å². The highest BCUT2D eigenvalue weighted by Gasteiger charge is 2.58. The van der Waals surface area contributed by atoms with Crippen molar-refractivity contribution in [1.29, 1.82) is 0 Å².